The average Bonchev–Trinajstić information content (AvgIpc) is 2.47. The Morgan fingerprint density at radius 2 is 2.50 bits per heavy atom. The zero-order valence-electron chi connectivity index (χ0n) is 6.12. The summed E-state index contributed by atoms with van der Waals surface area (Å²) in [6.45, 7) is 0.622. The lowest BCUT2D eigenvalue weighted by Crippen LogP contribution is -1.96. The third kappa shape index (κ3) is 1.42. The largest absolute Gasteiger partial charge is 0.437 e. The molecule has 0 atom stereocenters. The molecule has 0 aliphatic carbocycles. The van der Waals surface area contributed by atoms with Crippen LogP contribution in [0.1, 0.15) is 5.89 Å². The van der Waals surface area contributed by atoms with Crippen molar-refractivity contribution in [3.63, 3.8) is 0 Å². The molecule has 2 aromatic heterocycles. The van der Waals surface area contributed by atoms with Crippen molar-refractivity contribution in [2.45, 2.75) is 6.54 Å². The van der Waals surface area contributed by atoms with Crippen molar-refractivity contribution in [2.75, 3.05) is 0 Å². The maximum atomic E-state index is 5.37. The van der Waals surface area contributed by atoms with E-state index < -0.39 is 0 Å². The van der Waals surface area contributed by atoms with Gasteiger partial charge in [0, 0.05) is 29.1 Å². The van der Waals surface area contributed by atoms with E-state index in [-0.39, 0.29) is 0 Å². The van der Waals surface area contributed by atoms with Gasteiger partial charge in [-0.05, 0) is 12.1 Å². The summed E-state index contributed by atoms with van der Waals surface area (Å²) in [5, 5.41) is 0. The molecule has 2 rings (SSSR count). The van der Waals surface area contributed by atoms with Gasteiger partial charge >= 0.3 is 0 Å². The first-order valence-electron chi connectivity index (χ1n) is 3.44. The van der Waals surface area contributed by atoms with Gasteiger partial charge in [-0.25, -0.2) is 4.98 Å². The molecule has 0 aliphatic heterocycles. The van der Waals surface area contributed by atoms with Gasteiger partial charge in [0.25, 0.3) is 0 Å². The van der Waals surface area contributed by atoms with Crippen LogP contribution in [-0.4, -0.2) is 9.97 Å². The van der Waals surface area contributed by atoms with Crippen molar-refractivity contribution in [2.24, 2.45) is 0 Å². The van der Waals surface area contributed by atoms with Crippen molar-refractivity contribution < 1.29 is 4.42 Å². The summed E-state index contributed by atoms with van der Waals surface area (Å²) in [5.74, 6) is 0.665. The van der Waals surface area contributed by atoms with E-state index in [1.807, 2.05) is 35.0 Å². The summed E-state index contributed by atoms with van der Waals surface area (Å²) in [4.78, 5) is 8.21. The van der Waals surface area contributed by atoms with Crippen LogP contribution in [0, 0.1) is 0 Å². The molecular formula is C7H6IN3O. The second-order valence-corrected chi connectivity index (χ2v) is 3.01. The van der Waals surface area contributed by atoms with Gasteiger partial charge in [-0.1, -0.05) is 0 Å². The number of pyridine rings is 1. The quantitative estimate of drug-likeness (QED) is 0.669. The van der Waals surface area contributed by atoms with Crippen LogP contribution in [0.4, 0.5) is 0 Å². The van der Waals surface area contributed by atoms with E-state index in [9.17, 15) is 0 Å². The zero-order valence-corrected chi connectivity index (χ0v) is 8.28. The number of oxazole rings is 1. The minimum Gasteiger partial charge on any atom is -0.437 e. The smallest absolute Gasteiger partial charge is 0.211 e. The fraction of sp³-hybridized carbons (Fsp3) is 0.143. The van der Waals surface area contributed by atoms with Gasteiger partial charge in [-0.15, -0.1) is 0 Å². The normalized spacial score (nSPS) is 10.8. The molecule has 0 aromatic carbocycles. The Bertz CT molecular complexity index is 354. The molecule has 1 N–H and O–H groups in total. The number of fused-ring (bicyclic) bond motifs is 1. The van der Waals surface area contributed by atoms with Gasteiger partial charge in [0.05, 0.1) is 6.54 Å². The first-order chi connectivity index (χ1) is 5.90. The molecule has 0 unspecified atom stereocenters. The first kappa shape index (κ1) is 7.93. The monoisotopic (exact) mass is 275 g/mol. The second kappa shape index (κ2) is 3.36. The highest BCUT2D eigenvalue weighted by molar-refractivity contribution is 14.1. The van der Waals surface area contributed by atoms with E-state index in [0.717, 1.165) is 5.58 Å². The number of rotatable bonds is 2. The Hall–Kier alpha value is -0.690. The standard InChI is InChI=1S/C7H6IN3O/c8-10-4-6-11-7-5(12-6)2-1-3-9-7/h1-3,10H,4H2. The van der Waals surface area contributed by atoms with Crippen LogP contribution < -0.4 is 3.53 Å². The van der Waals surface area contributed by atoms with Crippen molar-refractivity contribution >= 4 is 34.1 Å². The van der Waals surface area contributed by atoms with E-state index in [4.69, 9.17) is 4.42 Å². The Morgan fingerprint density at radius 3 is 3.25 bits per heavy atom. The summed E-state index contributed by atoms with van der Waals surface area (Å²) < 4.78 is 8.30. The maximum Gasteiger partial charge on any atom is 0.211 e. The third-order valence-electron chi connectivity index (χ3n) is 1.43. The predicted molar refractivity (Wildman–Crippen MR) is 52.7 cm³/mol. The average molecular weight is 275 g/mol. The maximum absolute atomic E-state index is 5.37. The molecule has 4 nitrogen and oxygen atoms in total. The molecular weight excluding hydrogens is 269 g/mol. The van der Waals surface area contributed by atoms with Crippen LogP contribution in [0.5, 0.6) is 0 Å². The van der Waals surface area contributed by atoms with Gasteiger partial charge in [0.15, 0.2) is 11.2 Å². The SMILES string of the molecule is INCc1nc2ncccc2o1. The van der Waals surface area contributed by atoms with Crippen molar-refractivity contribution in [3.05, 3.63) is 24.2 Å². The Morgan fingerprint density at radius 1 is 1.58 bits per heavy atom. The summed E-state index contributed by atoms with van der Waals surface area (Å²) in [7, 11) is 0. The predicted octanol–water partition coefficient (Wildman–Crippen LogP) is 1.66. The minimum absolute atomic E-state index is 0.622. The molecule has 0 radical (unpaired) electrons. The van der Waals surface area contributed by atoms with Crippen LogP contribution in [0.25, 0.3) is 11.2 Å². The van der Waals surface area contributed by atoms with Crippen LogP contribution in [0.2, 0.25) is 0 Å². The number of aromatic nitrogens is 2. The molecule has 0 amide bonds. The van der Waals surface area contributed by atoms with Gasteiger partial charge in [0.1, 0.15) is 0 Å². The van der Waals surface area contributed by atoms with Crippen LogP contribution in [-0.2, 0) is 6.54 Å². The van der Waals surface area contributed by atoms with Crippen LogP contribution in [0.3, 0.4) is 0 Å². The van der Waals surface area contributed by atoms with Crippen molar-refractivity contribution in [3.8, 4) is 0 Å². The van der Waals surface area contributed by atoms with Gasteiger partial charge in [0.2, 0.25) is 5.89 Å². The molecule has 5 heteroatoms. The van der Waals surface area contributed by atoms with Crippen LogP contribution in [0.15, 0.2) is 22.7 Å². The van der Waals surface area contributed by atoms with Gasteiger partial charge in [-0.2, -0.15) is 4.98 Å². The van der Waals surface area contributed by atoms with E-state index in [1.165, 1.54) is 0 Å². The Balaban J connectivity index is 2.47. The second-order valence-electron chi connectivity index (χ2n) is 2.24. The lowest BCUT2D eigenvalue weighted by Gasteiger charge is -1.86. The summed E-state index contributed by atoms with van der Waals surface area (Å²) in [5.41, 5.74) is 1.40. The molecule has 0 saturated carbocycles. The highest BCUT2D eigenvalue weighted by Crippen LogP contribution is 2.11. The number of halogens is 1. The third-order valence-corrected chi connectivity index (χ3v) is 1.81. The minimum atomic E-state index is 0.622. The summed E-state index contributed by atoms with van der Waals surface area (Å²) in [6.07, 6.45) is 1.70. The molecule has 0 spiro atoms. The first-order valence-corrected chi connectivity index (χ1v) is 4.52. The zero-order chi connectivity index (χ0) is 8.39. The lowest BCUT2D eigenvalue weighted by atomic mass is 10.5. The lowest BCUT2D eigenvalue weighted by molar-refractivity contribution is 0.529. The van der Waals surface area contributed by atoms with Crippen LogP contribution >= 0.6 is 22.9 Å². The summed E-state index contributed by atoms with van der Waals surface area (Å²) >= 11 is 2.05. The number of nitrogens with one attached hydrogen (secondary N) is 1. The summed E-state index contributed by atoms with van der Waals surface area (Å²) in [6, 6.07) is 3.68. The van der Waals surface area contributed by atoms with E-state index in [0.29, 0.717) is 18.1 Å². The molecule has 0 saturated heterocycles. The fourth-order valence-corrected chi connectivity index (χ4v) is 1.27. The van der Waals surface area contributed by atoms with E-state index in [1.54, 1.807) is 6.20 Å². The molecule has 0 aliphatic rings. The number of hydrogen-bond donors (Lipinski definition) is 1. The molecule has 62 valence electrons. The highest BCUT2D eigenvalue weighted by atomic mass is 127. The topological polar surface area (TPSA) is 51.0 Å². The Kier molecular flexibility index (Phi) is 2.22. The number of hydrogen-bond acceptors (Lipinski definition) is 4. The van der Waals surface area contributed by atoms with Gasteiger partial charge in [-0.3, -0.25) is 3.53 Å². The molecule has 0 fully saturated rings. The molecule has 2 aromatic rings. The fourth-order valence-electron chi connectivity index (χ4n) is 0.946. The van der Waals surface area contributed by atoms with Crippen molar-refractivity contribution in [1.29, 1.82) is 0 Å². The molecule has 2 heterocycles. The number of nitrogens with zero attached hydrogens (tertiary/aromatic N) is 2. The van der Waals surface area contributed by atoms with Crippen molar-refractivity contribution in [1.82, 2.24) is 13.5 Å². The van der Waals surface area contributed by atoms with E-state index in [2.05, 4.69) is 13.5 Å². The highest BCUT2D eigenvalue weighted by Gasteiger charge is 2.03. The van der Waals surface area contributed by atoms with E-state index >= 15 is 0 Å². The molecule has 0 bridgehead atoms. The Labute approximate surface area is 82.9 Å². The molecule has 12 heavy (non-hydrogen) atoms. The van der Waals surface area contributed by atoms with Gasteiger partial charge < -0.3 is 4.42 Å².